The minimum atomic E-state index is -1.06. The topological polar surface area (TPSA) is 122 Å². The van der Waals surface area contributed by atoms with Crippen molar-refractivity contribution in [3.63, 3.8) is 0 Å². The van der Waals surface area contributed by atoms with E-state index in [4.69, 9.17) is 22.4 Å². The molecule has 0 radical (unpaired) electrons. The SMILES string of the molecule is Nc1c2c(nn1C(=O)[C@@H]1CCNc3c(Cl)cccc31)CC[C@H](NC(=O)O)C2. The van der Waals surface area contributed by atoms with Gasteiger partial charge in [0.25, 0.3) is 5.91 Å². The van der Waals surface area contributed by atoms with Crippen LogP contribution < -0.4 is 16.4 Å². The molecule has 8 nitrogen and oxygen atoms in total. The van der Waals surface area contributed by atoms with Crippen molar-refractivity contribution < 1.29 is 14.7 Å². The van der Waals surface area contributed by atoms with Crippen LogP contribution in [0.1, 0.15) is 40.4 Å². The number of carbonyl (C=O) groups excluding carboxylic acids is 1. The number of halogens is 1. The van der Waals surface area contributed by atoms with Crippen LogP contribution >= 0.6 is 11.6 Å². The zero-order chi connectivity index (χ0) is 19.1. The molecule has 1 aromatic carbocycles. The lowest BCUT2D eigenvalue weighted by molar-refractivity contribution is 0.0859. The lowest BCUT2D eigenvalue weighted by Crippen LogP contribution is -2.37. The molecule has 2 aromatic rings. The Labute approximate surface area is 160 Å². The number of nitrogens with two attached hydrogens (primary N) is 1. The number of nitrogen functional groups attached to an aromatic ring is 1. The van der Waals surface area contributed by atoms with Crippen LogP contribution in [0, 0.1) is 0 Å². The summed E-state index contributed by atoms with van der Waals surface area (Å²) >= 11 is 6.25. The molecule has 2 atom stereocenters. The van der Waals surface area contributed by atoms with E-state index in [2.05, 4.69) is 15.7 Å². The predicted octanol–water partition coefficient (Wildman–Crippen LogP) is 2.48. The van der Waals surface area contributed by atoms with Crippen molar-refractivity contribution in [2.45, 2.75) is 37.6 Å². The number of para-hydroxylation sites is 1. The molecule has 5 N–H and O–H groups in total. The number of fused-ring (bicyclic) bond motifs is 2. The van der Waals surface area contributed by atoms with Crippen molar-refractivity contribution >= 4 is 35.1 Å². The fourth-order valence-electron chi connectivity index (χ4n) is 3.98. The summed E-state index contributed by atoms with van der Waals surface area (Å²) < 4.78 is 1.29. The third-order valence-corrected chi connectivity index (χ3v) is 5.59. The van der Waals surface area contributed by atoms with E-state index in [0.717, 1.165) is 22.5 Å². The zero-order valence-electron chi connectivity index (χ0n) is 14.5. The lowest BCUT2D eigenvalue weighted by atomic mass is 9.90. The van der Waals surface area contributed by atoms with Crippen LogP contribution in [0.3, 0.4) is 0 Å². The molecule has 0 saturated heterocycles. The number of carbonyl (C=O) groups is 2. The van der Waals surface area contributed by atoms with Crippen LogP contribution in [0.4, 0.5) is 16.3 Å². The fourth-order valence-corrected chi connectivity index (χ4v) is 4.23. The number of anilines is 2. The van der Waals surface area contributed by atoms with E-state index < -0.39 is 6.09 Å². The van der Waals surface area contributed by atoms with Crippen molar-refractivity contribution in [1.29, 1.82) is 0 Å². The smallest absolute Gasteiger partial charge is 0.404 e. The maximum Gasteiger partial charge on any atom is 0.404 e. The molecule has 1 aliphatic heterocycles. The van der Waals surface area contributed by atoms with E-state index in [1.165, 1.54) is 4.68 Å². The molecule has 4 rings (SSSR count). The Balaban J connectivity index is 1.65. The predicted molar refractivity (Wildman–Crippen MR) is 102 cm³/mol. The minimum absolute atomic E-state index is 0.185. The maximum absolute atomic E-state index is 13.2. The largest absolute Gasteiger partial charge is 0.465 e. The second-order valence-electron chi connectivity index (χ2n) is 6.92. The first-order valence-electron chi connectivity index (χ1n) is 8.88. The molecule has 1 amide bonds. The van der Waals surface area contributed by atoms with Gasteiger partial charge in [-0.15, -0.1) is 0 Å². The van der Waals surface area contributed by atoms with Crippen LogP contribution in [-0.2, 0) is 12.8 Å². The van der Waals surface area contributed by atoms with Gasteiger partial charge >= 0.3 is 6.09 Å². The monoisotopic (exact) mass is 389 g/mol. The van der Waals surface area contributed by atoms with Gasteiger partial charge in [-0.25, -0.2) is 4.79 Å². The van der Waals surface area contributed by atoms with Gasteiger partial charge in [0.1, 0.15) is 5.82 Å². The quantitative estimate of drug-likeness (QED) is 0.625. The third kappa shape index (κ3) is 3.10. The first-order chi connectivity index (χ1) is 13.0. The summed E-state index contributed by atoms with van der Waals surface area (Å²) in [4.78, 5) is 24.1. The number of nitrogens with zero attached hydrogens (tertiary/aromatic N) is 2. The summed E-state index contributed by atoms with van der Waals surface area (Å²) in [6, 6.07) is 5.29. The van der Waals surface area contributed by atoms with Crippen molar-refractivity contribution in [2.75, 3.05) is 17.6 Å². The summed E-state index contributed by atoms with van der Waals surface area (Å²) in [5.41, 5.74) is 9.39. The molecular weight excluding hydrogens is 370 g/mol. The Morgan fingerprint density at radius 1 is 1.37 bits per heavy atom. The number of aryl methyl sites for hydroxylation is 1. The molecule has 2 aliphatic rings. The highest BCUT2D eigenvalue weighted by Gasteiger charge is 2.33. The molecule has 2 heterocycles. The van der Waals surface area contributed by atoms with Gasteiger partial charge in [0.2, 0.25) is 0 Å². The molecule has 0 saturated carbocycles. The van der Waals surface area contributed by atoms with Gasteiger partial charge in [-0.2, -0.15) is 9.78 Å². The molecule has 0 bridgehead atoms. The van der Waals surface area contributed by atoms with Crippen LogP contribution in [0.5, 0.6) is 0 Å². The Kier molecular flexibility index (Phi) is 4.43. The van der Waals surface area contributed by atoms with E-state index in [0.29, 0.717) is 43.1 Å². The van der Waals surface area contributed by atoms with Gasteiger partial charge in [-0.1, -0.05) is 23.7 Å². The van der Waals surface area contributed by atoms with Gasteiger partial charge < -0.3 is 21.5 Å². The molecular formula is C18H20ClN5O3. The molecule has 142 valence electrons. The van der Waals surface area contributed by atoms with Crippen LogP contribution in [0.25, 0.3) is 0 Å². The number of hydrogen-bond donors (Lipinski definition) is 4. The summed E-state index contributed by atoms with van der Waals surface area (Å²) in [7, 11) is 0. The van der Waals surface area contributed by atoms with Crippen molar-refractivity contribution in [3.05, 3.63) is 40.0 Å². The molecule has 27 heavy (non-hydrogen) atoms. The molecule has 0 fully saturated rings. The van der Waals surface area contributed by atoms with E-state index in [9.17, 15) is 9.59 Å². The second-order valence-corrected chi connectivity index (χ2v) is 7.33. The molecule has 9 heteroatoms. The molecule has 0 unspecified atom stereocenters. The van der Waals surface area contributed by atoms with Crippen LogP contribution in [-0.4, -0.2) is 39.5 Å². The van der Waals surface area contributed by atoms with Gasteiger partial charge in [0.15, 0.2) is 0 Å². The highest BCUT2D eigenvalue weighted by atomic mass is 35.5. The first-order valence-corrected chi connectivity index (χ1v) is 9.25. The standard InChI is InChI=1S/C18H20ClN5O3/c19-13-3-1-2-10-11(6-7-21-15(10)13)17(25)24-16(20)12-8-9(22-18(26)27)4-5-14(12)23-24/h1-3,9,11,21-22H,4-8,20H2,(H,26,27)/t9-,11+/m0/s1. The van der Waals surface area contributed by atoms with E-state index in [-0.39, 0.29) is 17.9 Å². The van der Waals surface area contributed by atoms with E-state index in [1.807, 2.05) is 12.1 Å². The number of carboxylic acid groups (broad SMARTS) is 1. The number of benzene rings is 1. The number of hydrogen-bond acceptors (Lipinski definition) is 5. The number of amides is 1. The average Bonchev–Trinajstić information content (AvgIpc) is 2.97. The normalized spacial score (nSPS) is 20.9. The summed E-state index contributed by atoms with van der Waals surface area (Å²) in [6.07, 6.45) is 1.22. The van der Waals surface area contributed by atoms with Crippen LogP contribution in [0.15, 0.2) is 18.2 Å². The Morgan fingerprint density at radius 2 is 2.19 bits per heavy atom. The van der Waals surface area contributed by atoms with Crippen LogP contribution in [0.2, 0.25) is 5.02 Å². The van der Waals surface area contributed by atoms with Gasteiger partial charge in [-0.05, 0) is 37.3 Å². The Hall–Kier alpha value is -2.74. The summed E-state index contributed by atoms with van der Waals surface area (Å²) in [5, 5.41) is 19.7. The van der Waals surface area contributed by atoms with Crippen molar-refractivity contribution in [3.8, 4) is 0 Å². The van der Waals surface area contributed by atoms with Crippen molar-refractivity contribution in [2.24, 2.45) is 0 Å². The molecule has 0 spiro atoms. The average molecular weight is 390 g/mol. The van der Waals surface area contributed by atoms with Gasteiger partial charge in [-0.3, -0.25) is 4.79 Å². The Bertz CT molecular complexity index is 926. The van der Waals surface area contributed by atoms with E-state index in [1.54, 1.807) is 6.07 Å². The highest BCUT2D eigenvalue weighted by molar-refractivity contribution is 6.33. The van der Waals surface area contributed by atoms with Gasteiger partial charge in [0, 0.05) is 18.2 Å². The van der Waals surface area contributed by atoms with E-state index >= 15 is 0 Å². The molecule has 1 aliphatic carbocycles. The third-order valence-electron chi connectivity index (χ3n) is 5.28. The highest BCUT2D eigenvalue weighted by Crippen LogP contribution is 2.38. The fraction of sp³-hybridized carbons (Fsp3) is 0.389. The summed E-state index contributed by atoms with van der Waals surface area (Å²) in [6.45, 7) is 0.638. The number of rotatable bonds is 2. The second kappa shape index (κ2) is 6.77. The first kappa shape index (κ1) is 17.7. The summed E-state index contributed by atoms with van der Waals surface area (Å²) in [5.74, 6) is -0.264. The maximum atomic E-state index is 13.2. The zero-order valence-corrected chi connectivity index (χ0v) is 15.3. The number of aromatic nitrogens is 2. The minimum Gasteiger partial charge on any atom is -0.465 e. The molecule has 1 aromatic heterocycles. The lowest BCUT2D eigenvalue weighted by Gasteiger charge is -2.26. The van der Waals surface area contributed by atoms with Crippen molar-refractivity contribution in [1.82, 2.24) is 15.1 Å². The Morgan fingerprint density at radius 3 is 2.96 bits per heavy atom. The number of nitrogens with one attached hydrogen (secondary N) is 2. The van der Waals surface area contributed by atoms with Gasteiger partial charge in [0.05, 0.1) is 22.3 Å².